The summed E-state index contributed by atoms with van der Waals surface area (Å²) in [5, 5.41) is 3.24. The highest BCUT2D eigenvalue weighted by Crippen LogP contribution is 2.21. The number of ketones is 1. The quantitative estimate of drug-likeness (QED) is 0.548. The molecule has 3 N–H and O–H groups in total. The molecular weight excluding hydrogens is 300 g/mol. The van der Waals surface area contributed by atoms with Crippen LogP contribution in [-0.2, 0) is 11.2 Å². The molecule has 2 aromatic rings. The summed E-state index contributed by atoms with van der Waals surface area (Å²) in [6.45, 7) is 3.33. The van der Waals surface area contributed by atoms with Crippen molar-refractivity contribution in [1.82, 2.24) is 0 Å². The Bertz CT molecular complexity index is 640. The number of nitrogens with one attached hydrogen (secondary N) is 1. The maximum absolute atomic E-state index is 12.9. The van der Waals surface area contributed by atoms with Gasteiger partial charge in [0, 0.05) is 24.9 Å². The summed E-state index contributed by atoms with van der Waals surface area (Å²) in [5.74, 6) is -0.0164. The van der Waals surface area contributed by atoms with Crippen molar-refractivity contribution in [3.8, 4) is 0 Å². The van der Waals surface area contributed by atoms with Crippen molar-refractivity contribution >= 4 is 11.5 Å². The molecule has 2 aromatic carbocycles. The lowest BCUT2D eigenvalue weighted by atomic mass is 9.82. The van der Waals surface area contributed by atoms with E-state index in [-0.39, 0.29) is 5.78 Å². The Morgan fingerprint density at radius 1 is 1.12 bits per heavy atom. The lowest BCUT2D eigenvalue weighted by molar-refractivity contribution is 0.0883. The summed E-state index contributed by atoms with van der Waals surface area (Å²) < 4.78 is 5.01. The first-order valence-electron chi connectivity index (χ1n) is 8.29. The Morgan fingerprint density at radius 3 is 2.38 bits per heavy atom. The minimum Gasteiger partial charge on any atom is -0.383 e. The minimum atomic E-state index is -0.883. The maximum atomic E-state index is 12.9. The van der Waals surface area contributed by atoms with Gasteiger partial charge in [-0.25, -0.2) is 0 Å². The van der Waals surface area contributed by atoms with E-state index in [0.717, 1.165) is 17.8 Å². The molecule has 24 heavy (non-hydrogen) atoms. The van der Waals surface area contributed by atoms with E-state index in [1.807, 2.05) is 61.5 Å². The fourth-order valence-corrected chi connectivity index (χ4v) is 2.65. The third-order valence-electron chi connectivity index (χ3n) is 4.23. The Morgan fingerprint density at radius 2 is 1.79 bits per heavy atom. The van der Waals surface area contributed by atoms with Crippen molar-refractivity contribution in [2.75, 3.05) is 25.6 Å². The van der Waals surface area contributed by atoms with Crippen LogP contribution in [0.2, 0.25) is 0 Å². The van der Waals surface area contributed by atoms with Gasteiger partial charge in [-0.3, -0.25) is 4.79 Å². The van der Waals surface area contributed by atoms with Gasteiger partial charge < -0.3 is 15.8 Å². The maximum Gasteiger partial charge on any atom is 0.182 e. The van der Waals surface area contributed by atoms with E-state index in [9.17, 15) is 4.79 Å². The number of carbonyl (C=O) groups excluding carboxylic acids is 1. The second-order valence-corrected chi connectivity index (χ2v) is 6.00. The van der Waals surface area contributed by atoms with E-state index < -0.39 is 5.54 Å². The molecule has 4 heteroatoms. The summed E-state index contributed by atoms with van der Waals surface area (Å²) in [7, 11) is 1.67. The number of nitrogens with two attached hydrogens (primary N) is 1. The molecule has 1 unspecified atom stereocenters. The van der Waals surface area contributed by atoms with E-state index in [1.54, 1.807) is 7.11 Å². The molecule has 0 aliphatic rings. The summed E-state index contributed by atoms with van der Waals surface area (Å²) in [4.78, 5) is 12.9. The van der Waals surface area contributed by atoms with E-state index in [2.05, 4.69) is 5.32 Å². The van der Waals surface area contributed by atoms with Crippen LogP contribution in [0.1, 0.15) is 29.3 Å². The van der Waals surface area contributed by atoms with Gasteiger partial charge in [0.25, 0.3) is 0 Å². The number of benzene rings is 2. The molecule has 0 amide bonds. The number of ether oxygens (including phenoxy) is 1. The van der Waals surface area contributed by atoms with Crippen LogP contribution in [0.5, 0.6) is 0 Å². The summed E-state index contributed by atoms with van der Waals surface area (Å²) in [5.41, 5.74) is 8.26. The zero-order chi connectivity index (χ0) is 17.4. The Kier molecular flexibility index (Phi) is 6.53. The van der Waals surface area contributed by atoms with E-state index in [0.29, 0.717) is 25.0 Å². The summed E-state index contributed by atoms with van der Waals surface area (Å²) in [6, 6.07) is 17.4. The van der Waals surface area contributed by atoms with Crippen LogP contribution in [-0.4, -0.2) is 31.6 Å². The molecule has 4 nitrogen and oxygen atoms in total. The SMILES string of the molecule is CCC(N)(Cc1ccccc1)C(=O)c1ccc(NCCOC)cc1. The van der Waals surface area contributed by atoms with Gasteiger partial charge >= 0.3 is 0 Å². The Hall–Kier alpha value is -2.17. The highest BCUT2D eigenvalue weighted by molar-refractivity contribution is 6.03. The molecule has 0 radical (unpaired) electrons. The Balaban J connectivity index is 2.10. The van der Waals surface area contributed by atoms with Crippen molar-refractivity contribution in [2.45, 2.75) is 25.3 Å². The number of Topliss-reactive ketones (excluding diaryl/α,β-unsaturated/α-hetero) is 1. The Labute approximate surface area is 144 Å². The monoisotopic (exact) mass is 326 g/mol. The fourth-order valence-electron chi connectivity index (χ4n) is 2.65. The number of rotatable bonds is 9. The first-order valence-corrected chi connectivity index (χ1v) is 8.29. The van der Waals surface area contributed by atoms with Crippen molar-refractivity contribution in [3.63, 3.8) is 0 Å². The number of anilines is 1. The smallest absolute Gasteiger partial charge is 0.182 e. The molecule has 0 aromatic heterocycles. The average Bonchev–Trinajstić information content (AvgIpc) is 2.62. The van der Waals surface area contributed by atoms with Gasteiger partial charge in [0.2, 0.25) is 0 Å². The topological polar surface area (TPSA) is 64.4 Å². The molecule has 0 heterocycles. The summed E-state index contributed by atoms with van der Waals surface area (Å²) >= 11 is 0. The molecule has 1 atom stereocenters. The molecule has 0 saturated heterocycles. The zero-order valence-corrected chi connectivity index (χ0v) is 14.4. The number of methoxy groups -OCH3 is 1. The number of hydrogen-bond acceptors (Lipinski definition) is 4. The molecule has 0 spiro atoms. The van der Waals surface area contributed by atoms with Crippen LogP contribution in [0.3, 0.4) is 0 Å². The third-order valence-corrected chi connectivity index (χ3v) is 4.23. The second kappa shape index (κ2) is 8.62. The van der Waals surface area contributed by atoms with E-state index >= 15 is 0 Å². The molecule has 0 aliphatic carbocycles. The highest BCUT2D eigenvalue weighted by Gasteiger charge is 2.32. The predicted octanol–water partition coefficient (Wildman–Crippen LogP) is 3.28. The molecule has 2 rings (SSSR count). The second-order valence-electron chi connectivity index (χ2n) is 6.00. The van der Waals surface area contributed by atoms with Gasteiger partial charge in [-0.05, 0) is 42.7 Å². The normalized spacial score (nSPS) is 13.3. The first kappa shape index (κ1) is 18.2. The molecular formula is C20H26N2O2. The lowest BCUT2D eigenvalue weighted by Crippen LogP contribution is -2.49. The molecule has 0 bridgehead atoms. The molecule has 0 saturated carbocycles. The van der Waals surface area contributed by atoms with Crippen LogP contribution in [0, 0.1) is 0 Å². The average molecular weight is 326 g/mol. The zero-order valence-electron chi connectivity index (χ0n) is 14.4. The fraction of sp³-hybridized carbons (Fsp3) is 0.350. The predicted molar refractivity (Wildman–Crippen MR) is 98.5 cm³/mol. The van der Waals surface area contributed by atoms with Crippen molar-refractivity contribution in [3.05, 3.63) is 65.7 Å². The van der Waals surface area contributed by atoms with Gasteiger partial charge in [0.1, 0.15) is 0 Å². The van der Waals surface area contributed by atoms with Gasteiger partial charge in [-0.15, -0.1) is 0 Å². The van der Waals surface area contributed by atoms with Crippen LogP contribution in [0.15, 0.2) is 54.6 Å². The number of hydrogen-bond donors (Lipinski definition) is 2. The van der Waals surface area contributed by atoms with E-state index in [1.165, 1.54) is 0 Å². The van der Waals surface area contributed by atoms with Crippen molar-refractivity contribution in [1.29, 1.82) is 0 Å². The van der Waals surface area contributed by atoms with Gasteiger partial charge in [-0.2, -0.15) is 0 Å². The standard InChI is InChI=1S/C20H26N2O2/c1-3-20(21,15-16-7-5-4-6-8-16)19(23)17-9-11-18(12-10-17)22-13-14-24-2/h4-12,22H,3,13-15,21H2,1-2H3. The number of carbonyl (C=O) groups is 1. The summed E-state index contributed by atoms with van der Waals surface area (Å²) in [6.07, 6.45) is 1.13. The van der Waals surface area contributed by atoms with Crippen LogP contribution < -0.4 is 11.1 Å². The van der Waals surface area contributed by atoms with Crippen molar-refractivity contribution in [2.24, 2.45) is 5.73 Å². The molecule has 0 fully saturated rings. The van der Waals surface area contributed by atoms with Crippen LogP contribution >= 0.6 is 0 Å². The van der Waals surface area contributed by atoms with Crippen LogP contribution in [0.4, 0.5) is 5.69 Å². The highest BCUT2D eigenvalue weighted by atomic mass is 16.5. The van der Waals surface area contributed by atoms with Gasteiger partial charge in [0.05, 0.1) is 12.1 Å². The third kappa shape index (κ3) is 4.66. The lowest BCUT2D eigenvalue weighted by Gasteiger charge is -2.27. The largest absolute Gasteiger partial charge is 0.383 e. The van der Waals surface area contributed by atoms with Gasteiger partial charge in [-0.1, -0.05) is 37.3 Å². The molecule has 0 aliphatic heterocycles. The van der Waals surface area contributed by atoms with Crippen molar-refractivity contribution < 1.29 is 9.53 Å². The minimum absolute atomic E-state index is 0.0164. The van der Waals surface area contributed by atoms with Crippen LogP contribution in [0.25, 0.3) is 0 Å². The van der Waals surface area contributed by atoms with E-state index in [4.69, 9.17) is 10.5 Å². The molecule has 128 valence electrons. The first-order chi connectivity index (χ1) is 11.6. The van der Waals surface area contributed by atoms with Gasteiger partial charge in [0.15, 0.2) is 5.78 Å².